The molecule has 4 heterocycles. The van der Waals surface area contributed by atoms with Crippen LogP contribution in [-0.2, 0) is 25.7 Å². The number of likely N-dealkylation sites (N-methyl/N-ethyl adjacent to an activating group) is 1. The maximum atomic E-state index is 13.6. The van der Waals surface area contributed by atoms with Gasteiger partial charge in [0.05, 0.1) is 30.0 Å². The molecule has 2 aliphatic heterocycles. The van der Waals surface area contributed by atoms with Crippen molar-refractivity contribution in [3.05, 3.63) is 64.5 Å². The molecule has 184 valence electrons. The number of benzene rings is 1. The zero-order chi connectivity index (χ0) is 24.9. The minimum absolute atomic E-state index is 0.0659. The Kier molecular flexibility index (Phi) is 5.49. The van der Waals surface area contributed by atoms with E-state index in [1.807, 2.05) is 6.07 Å². The van der Waals surface area contributed by atoms with E-state index in [4.69, 9.17) is 0 Å². The van der Waals surface area contributed by atoms with Crippen LogP contribution in [0.25, 0.3) is 0 Å². The molecule has 0 bridgehead atoms. The average Bonchev–Trinajstić information content (AvgIpc) is 3.43. The average molecular weight is 491 g/mol. The van der Waals surface area contributed by atoms with Crippen LogP contribution in [0.3, 0.4) is 0 Å². The van der Waals surface area contributed by atoms with Crippen molar-refractivity contribution >= 4 is 17.6 Å². The number of rotatable bonds is 2. The lowest BCUT2D eigenvalue weighted by Crippen LogP contribution is -2.39. The highest BCUT2D eigenvalue weighted by atomic mass is 19.4. The number of halogens is 4. The fraction of sp³-hybridized carbons (Fsp3) is 0.364. The molecule has 0 fully saturated rings. The van der Waals surface area contributed by atoms with Crippen LogP contribution in [0.2, 0.25) is 0 Å². The molecular formula is C22H21F4N7O2. The molecule has 35 heavy (non-hydrogen) atoms. The van der Waals surface area contributed by atoms with Gasteiger partial charge in [0, 0.05) is 49.9 Å². The molecule has 13 heteroatoms. The molecule has 0 saturated carbocycles. The number of aromatic amines is 1. The lowest BCUT2D eigenvalue weighted by atomic mass is 10.0. The second kappa shape index (κ2) is 8.40. The summed E-state index contributed by atoms with van der Waals surface area (Å²) in [5.41, 5.74) is 0.874. The number of carbonyl (C=O) groups is 2. The molecule has 1 aromatic carbocycles. The van der Waals surface area contributed by atoms with Crippen molar-refractivity contribution in [1.82, 2.24) is 29.8 Å². The Hall–Kier alpha value is -3.90. The Morgan fingerprint density at radius 2 is 2.03 bits per heavy atom. The molecule has 0 aliphatic carbocycles. The second-order valence-corrected chi connectivity index (χ2v) is 8.63. The van der Waals surface area contributed by atoms with Crippen LogP contribution in [0.15, 0.2) is 30.5 Å². The molecule has 3 amide bonds. The first kappa shape index (κ1) is 22.9. The Balaban J connectivity index is 1.38. The Morgan fingerprint density at radius 3 is 2.74 bits per heavy atom. The van der Waals surface area contributed by atoms with Crippen molar-refractivity contribution in [2.24, 2.45) is 0 Å². The van der Waals surface area contributed by atoms with Crippen LogP contribution in [-0.4, -0.2) is 61.9 Å². The summed E-state index contributed by atoms with van der Waals surface area (Å²) in [4.78, 5) is 29.0. The summed E-state index contributed by atoms with van der Waals surface area (Å²) in [6.45, 7) is 1.20. The smallest absolute Gasteiger partial charge is 0.340 e. The van der Waals surface area contributed by atoms with Gasteiger partial charge in [-0.05, 0) is 24.3 Å². The fourth-order valence-corrected chi connectivity index (χ4v) is 4.54. The molecule has 2 aliphatic rings. The number of amides is 3. The number of nitrogens with one attached hydrogen (secondary N) is 2. The maximum Gasteiger partial charge on any atom is 0.419 e. The summed E-state index contributed by atoms with van der Waals surface area (Å²) in [5.74, 6) is -1.72. The third-order valence-electron chi connectivity index (χ3n) is 6.29. The number of fused-ring (bicyclic) bond motifs is 3. The van der Waals surface area contributed by atoms with Crippen LogP contribution in [0.5, 0.6) is 0 Å². The number of hydrogen-bond acceptors (Lipinski definition) is 4. The predicted molar refractivity (Wildman–Crippen MR) is 115 cm³/mol. The normalized spacial score (nSPS) is 18.2. The minimum Gasteiger partial charge on any atom is -0.340 e. The molecule has 0 spiro atoms. The molecular weight excluding hydrogens is 470 g/mol. The number of hydrogen-bond donors (Lipinski definition) is 2. The van der Waals surface area contributed by atoms with Gasteiger partial charge >= 0.3 is 12.2 Å². The fourth-order valence-electron chi connectivity index (χ4n) is 4.54. The third kappa shape index (κ3) is 4.21. The van der Waals surface area contributed by atoms with Crippen molar-refractivity contribution in [2.45, 2.75) is 31.6 Å². The number of alkyl halides is 3. The number of nitrogens with zero attached hydrogens (tertiary/aromatic N) is 5. The molecule has 3 aromatic rings. The molecule has 9 nitrogen and oxygen atoms in total. The summed E-state index contributed by atoms with van der Waals surface area (Å²) < 4.78 is 54.3. The highest BCUT2D eigenvalue weighted by Gasteiger charge is 2.36. The standard InChI is InChI=1S/C22H21F4N7O2/c1-31-9-12(17-4-6-27-29-17)10-33-19(20(31)34)14-11-32(7-5-18(14)30-33)21(35)28-13-2-3-16(23)15(8-13)22(24,25)26/h2-4,6,8,12H,5,7,9-11H2,1H3,(H,27,29)(H,28,35)/t12-/m0/s1. The Bertz CT molecular complexity index is 1290. The van der Waals surface area contributed by atoms with Gasteiger partial charge in [0.25, 0.3) is 5.91 Å². The summed E-state index contributed by atoms with van der Waals surface area (Å²) in [5, 5.41) is 14.0. The molecule has 0 unspecified atom stereocenters. The van der Waals surface area contributed by atoms with E-state index in [-0.39, 0.29) is 30.6 Å². The van der Waals surface area contributed by atoms with Gasteiger partial charge in [-0.2, -0.15) is 23.4 Å². The lowest BCUT2D eigenvalue weighted by Gasteiger charge is -2.27. The number of anilines is 1. The first-order chi connectivity index (χ1) is 16.6. The molecule has 0 saturated heterocycles. The van der Waals surface area contributed by atoms with Gasteiger partial charge in [-0.3, -0.25) is 14.6 Å². The minimum atomic E-state index is -4.89. The molecule has 5 rings (SSSR count). The maximum absolute atomic E-state index is 13.6. The van der Waals surface area contributed by atoms with Gasteiger partial charge in [0.1, 0.15) is 11.5 Å². The highest BCUT2D eigenvalue weighted by molar-refractivity contribution is 5.95. The van der Waals surface area contributed by atoms with Crippen LogP contribution < -0.4 is 5.32 Å². The predicted octanol–water partition coefficient (Wildman–Crippen LogP) is 3.22. The van der Waals surface area contributed by atoms with Crippen LogP contribution in [0, 0.1) is 5.82 Å². The van der Waals surface area contributed by atoms with Crippen molar-refractivity contribution in [2.75, 3.05) is 25.5 Å². The summed E-state index contributed by atoms with van der Waals surface area (Å²) in [6.07, 6.45) is -2.79. The molecule has 1 atom stereocenters. The van der Waals surface area contributed by atoms with Gasteiger partial charge in [-0.1, -0.05) is 0 Å². The highest BCUT2D eigenvalue weighted by Crippen LogP contribution is 2.33. The first-order valence-electron chi connectivity index (χ1n) is 10.9. The molecule has 0 radical (unpaired) electrons. The van der Waals surface area contributed by atoms with Crippen LogP contribution >= 0.6 is 0 Å². The summed E-state index contributed by atoms with van der Waals surface area (Å²) in [7, 11) is 1.69. The number of aromatic nitrogens is 4. The van der Waals surface area contributed by atoms with Gasteiger partial charge in [0.15, 0.2) is 0 Å². The van der Waals surface area contributed by atoms with Gasteiger partial charge < -0.3 is 15.1 Å². The van der Waals surface area contributed by atoms with Gasteiger partial charge in [-0.15, -0.1) is 0 Å². The van der Waals surface area contributed by atoms with Crippen molar-refractivity contribution in [3.8, 4) is 0 Å². The van der Waals surface area contributed by atoms with E-state index < -0.39 is 23.6 Å². The number of urea groups is 1. The lowest BCUT2D eigenvalue weighted by molar-refractivity contribution is -0.139. The van der Waals surface area contributed by atoms with E-state index in [9.17, 15) is 27.2 Å². The van der Waals surface area contributed by atoms with E-state index in [0.29, 0.717) is 48.6 Å². The number of H-pyrrole nitrogens is 1. The van der Waals surface area contributed by atoms with Crippen LogP contribution in [0.1, 0.15) is 38.9 Å². The van der Waals surface area contributed by atoms with E-state index in [1.165, 1.54) is 4.90 Å². The monoisotopic (exact) mass is 491 g/mol. The molecule has 2 aromatic heterocycles. The van der Waals surface area contributed by atoms with Gasteiger partial charge in [0.2, 0.25) is 0 Å². The summed E-state index contributed by atoms with van der Waals surface area (Å²) in [6, 6.07) is 3.48. The van der Waals surface area contributed by atoms with Crippen molar-refractivity contribution in [3.63, 3.8) is 0 Å². The number of carbonyl (C=O) groups excluding carboxylic acids is 2. The quantitative estimate of drug-likeness (QED) is 0.538. The largest absolute Gasteiger partial charge is 0.419 e. The Labute approximate surface area is 196 Å². The summed E-state index contributed by atoms with van der Waals surface area (Å²) >= 11 is 0. The van der Waals surface area contributed by atoms with E-state index in [1.54, 1.807) is 22.8 Å². The van der Waals surface area contributed by atoms with E-state index in [0.717, 1.165) is 11.8 Å². The van der Waals surface area contributed by atoms with Crippen molar-refractivity contribution in [1.29, 1.82) is 0 Å². The SMILES string of the molecule is CN1C[C@H](c2cc[nH]n2)Cn2nc3c(c2C1=O)CN(C(=O)Nc1ccc(F)c(C(F)(F)F)c1)CC3. The van der Waals surface area contributed by atoms with Crippen LogP contribution in [0.4, 0.5) is 28.0 Å². The van der Waals surface area contributed by atoms with E-state index >= 15 is 0 Å². The second-order valence-electron chi connectivity index (χ2n) is 8.63. The van der Waals surface area contributed by atoms with E-state index in [2.05, 4.69) is 20.6 Å². The topological polar surface area (TPSA) is 99.2 Å². The molecule has 2 N–H and O–H groups in total. The third-order valence-corrected chi connectivity index (χ3v) is 6.29. The zero-order valence-electron chi connectivity index (χ0n) is 18.6. The van der Waals surface area contributed by atoms with Crippen molar-refractivity contribution < 1.29 is 27.2 Å². The first-order valence-corrected chi connectivity index (χ1v) is 10.9. The zero-order valence-corrected chi connectivity index (χ0v) is 18.6. The van der Waals surface area contributed by atoms with Gasteiger partial charge in [-0.25, -0.2) is 9.18 Å². The Morgan fingerprint density at radius 1 is 1.23 bits per heavy atom.